The number of benzene rings is 1. The molecule has 138 valence electrons. The van der Waals surface area contributed by atoms with Crippen molar-refractivity contribution < 1.29 is 9.59 Å². The number of amides is 2. The van der Waals surface area contributed by atoms with Crippen LogP contribution in [-0.4, -0.2) is 24.4 Å². The number of hydrogen-bond acceptors (Lipinski definition) is 2. The standard InChI is InChI=1S/C21H32N2O2/c1-5-6-7-8-9-17(4)22-21(25)18-13-20(24)23(14-18)19-11-10-15(2)12-16(19)3/h10-12,17-18H,5-9,13-14H2,1-4H3,(H,22,25). The molecule has 2 unspecified atom stereocenters. The van der Waals surface area contributed by atoms with Crippen molar-refractivity contribution in [1.29, 1.82) is 0 Å². The Labute approximate surface area is 152 Å². The maximum absolute atomic E-state index is 12.5. The van der Waals surface area contributed by atoms with Gasteiger partial charge in [-0.05, 0) is 38.8 Å². The molecule has 2 atom stereocenters. The van der Waals surface area contributed by atoms with E-state index in [0.717, 1.165) is 24.1 Å². The van der Waals surface area contributed by atoms with E-state index in [4.69, 9.17) is 0 Å². The molecule has 2 amide bonds. The lowest BCUT2D eigenvalue weighted by Gasteiger charge is -2.20. The number of anilines is 1. The van der Waals surface area contributed by atoms with Crippen LogP contribution in [0.3, 0.4) is 0 Å². The normalized spacial score (nSPS) is 18.5. The second kappa shape index (κ2) is 9.02. The third kappa shape index (κ3) is 5.32. The van der Waals surface area contributed by atoms with E-state index in [9.17, 15) is 9.59 Å². The quantitative estimate of drug-likeness (QED) is 0.721. The Kier molecular flexibility index (Phi) is 7.03. The van der Waals surface area contributed by atoms with Gasteiger partial charge >= 0.3 is 0 Å². The van der Waals surface area contributed by atoms with E-state index in [0.29, 0.717) is 13.0 Å². The molecule has 1 N–H and O–H groups in total. The number of carbonyl (C=O) groups is 2. The van der Waals surface area contributed by atoms with Crippen molar-refractivity contribution in [2.45, 2.75) is 72.3 Å². The van der Waals surface area contributed by atoms with Crippen LogP contribution < -0.4 is 10.2 Å². The fourth-order valence-electron chi connectivity index (χ4n) is 3.53. The molecule has 1 fully saturated rings. The third-order valence-corrected chi connectivity index (χ3v) is 5.02. The molecule has 4 heteroatoms. The first-order valence-corrected chi connectivity index (χ1v) is 9.60. The van der Waals surface area contributed by atoms with Gasteiger partial charge in [-0.3, -0.25) is 9.59 Å². The number of nitrogens with one attached hydrogen (secondary N) is 1. The lowest BCUT2D eigenvalue weighted by Crippen LogP contribution is -2.38. The van der Waals surface area contributed by atoms with Gasteiger partial charge in [-0.2, -0.15) is 0 Å². The maximum Gasteiger partial charge on any atom is 0.227 e. The predicted molar refractivity (Wildman–Crippen MR) is 103 cm³/mol. The fourth-order valence-corrected chi connectivity index (χ4v) is 3.53. The van der Waals surface area contributed by atoms with Gasteiger partial charge in [0.25, 0.3) is 0 Å². The zero-order chi connectivity index (χ0) is 18.4. The lowest BCUT2D eigenvalue weighted by molar-refractivity contribution is -0.126. The molecule has 1 aliphatic heterocycles. The second-order valence-corrected chi connectivity index (χ2v) is 7.45. The number of unbranched alkanes of at least 4 members (excludes halogenated alkanes) is 3. The molecule has 1 aliphatic rings. The molecule has 0 bridgehead atoms. The molecule has 0 aliphatic carbocycles. The minimum atomic E-state index is -0.244. The molecule has 4 nitrogen and oxygen atoms in total. The summed E-state index contributed by atoms with van der Waals surface area (Å²) in [5.41, 5.74) is 3.19. The fraction of sp³-hybridized carbons (Fsp3) is 0.619. The molecule has 0 saturated carbocycles. The molecular formula is C21H32N2O2. The first-order valence-electron chi connectivity index (χ1n) is 9.60. The maximum atomic E-state index is 12.5. The highest BCUT2D eigenvalue weighted by molar-refractivity contribution is 6.00. The Balaban J connectivity index is 1.89. The summed E-state index contributed by atoms with van der Waals surface area (Å²) in [5.74, 6) is -0.183. The smallest absolute Gasteiger partial charge is 0.227 e. The van der Waals surface area contributed by atoms with Gasteiger partial charge in [0.2, 0.25) is 11.8 Å². The van der Waals surface area contributed by atoms with Crippen LogP contribution in [0, 0.1) is 19.8 Å². The molecule has 0 aromatic heterocycles. The monoisotopic (exact) mass is 344 g/mol. The summed E-state index contributed by atoms with van der Waals surface area (Å²) in [7, 11) is 0. The summed E-state index contributed by atoms with van der Waals surface area (Å²) < 4.78 is 0. The van der Waals surface area contributed by atoms with Crippen molar-refractivity contribution in [3.63, 3.8) is 0 Å². The van der Waals surface area contributed by atoms with Crippen molar-refractivity contribution in [1.82, 2.24) is 5.32 Å². The topological polar surface area (TPSA) is 49.4 Å². The Morgan fingerprint density at radius 1 is 1.28 bits per heavy atom. The summed E-state index contributed by atoms with van der Waals surface area (Å²) in [4.78, 5) is 26.7. The Morgan fingerprint density at radius 3 is 2.72 bits per heavy atom. The summed E-state index contributed by atoms with van der Waals surface area (Å²) >= 11 is 0. The van der Waals surface area contributed by atoms with Gasteiger partial charge in [0, 0.05) is 24.7 Å². The van der Waals surface area contributed by atoms with E-state index in [1.807, 2.05) is 26.0 Å². The number of nitrogens with zero attached hydrogens (tertiary/aromatic N) is 1. The van der Waals surface area contributed by atoms with Crippen LogP contribution in [0.4, 0.5) is 5.69 Å². The van der Waals surface area contributed by atoms with Crippen molar-refractivity contribution in [2.24, 2.45) is 5.92 Å². The zero-order valence-corrected chi connectivity index (χ0v) is 16.1. The highest BCUT2D eigenvalue weighted by atomic mass is 16.2. The van der Waals surface area contributed by atoms with Crippen LogP contribution in [0.2, 0.25) is 0 Å². The van der Waals surface area contributed by atoms with Gasteiger partial charge in [0.15, 0.2) is 0 Å². The van der Waals surface area contributed by atoms with Crippen LogP contribution in [-0.2, 0) is 9.59 Å². The Hall–Kier alpha value is -1.84. The van der Waals surface area contributed by atoms with E-state index < -0.39 is 0 Å². The first kappa shape index (κ1) is 19.5. The van der Waals surface area contributed by atoms with Crippen LogP contribution in [0.1, 0.15) is 63.5 Å². The highest BCUT2D eigenvalue weighted by Crippen LogP contribution is 2.28. The van der Waals surface area contributed by atoms with E-state index >= 15 is 0 Å². The molecule has 2 rings (SSSR count). The van der Waals surface area contributed by atoms with Crippen LogP contribution in [0.15, 0.2) is 18.2 Å². The summed E-state index contributed by atoms with van der Waals surface area (Å²) in [5, 5.41) is 3.10. The summed E-state index contributed by atoms with van der Waals surface area (Å²) in [6.07, 6.45) is 6.16. The second-order valence-electron chi connectivity index (χ2n) is 7.45. The van der Waals surface area contributed by atoms with E-state index in [1.165, 1.54) is 24.8 Å². The van der Waals surface area contributed by atoms with Crippen molar-refractivity contribution in [3.05, 3.63) is 29.3 Å². The molecule has 25 heavy (non-hydrogen) atoms. The molecule has 1 aromatic rings. The van der Waals surface area contributed by atoms with Crippen molar-refractivity contribution in [3.8, 4) is 0 Å². The van der Waals surface area contributed by atoms with Crippen LogP contribution in [0.5, 0.6) is 0 Å². The number of aryl methyl sites for hydroxylation is 2. The van der Waals surface area contributed by atoms with E-state index in [2.05, 4.69) is 25.2 Å². The molecule has 0 radical (unpaired) electrons. The molecule has 1 saturated heterocycles. The molecule has 1 aromatic carbocycles. The minimum absolute atomic E-state index is 0.0172. The summed E-state index contributed by atoms with van der Waals surface area (Å²) in [6.45, 7) is 8.80. The van der Waals surface area contributed by atoms with E-state index in [-0.39, 0.29) is 23.8 Å². The SMILES string of the molecule is CCCCCCC(C)NC(=O)C1CC(=O)N(c2ccc(C)cc2C)C1. The van der Waals surface area contributed by atoms with Gasteiger partial charge in [0.05, 0.1) is 5.92 Å². The minimum Gasteiger partial charge on any atom is -0.353 e. The highest BCUT2D eigenvalue weighted by Gasteiger charge is 2.35. The van der Waals surface area contributed by atoms with Gasteiger partial charge < -0.3 is 10.2 Å². The average Bonchev–Trinajstić information content (AvgIpc) is 2.93. The Bertz CT molecular complexity index is 612. The van der Waals surface area contributed by atoms with Gasteiger partial charge in [-0.25, -0.2) is 0 Å². The van der Waals surface area contributed by atoms with Crippen molar-refractivity contribution >= 4 is 17.5 Å². The van der Waals surface area contributed by atoms with Crippen LogP contribution >= 0.6 is 0 Å². The van der Waals surface area contributed by atoms with Gasteiger partial charge in [-0.15, -0.1) is 0 Å². The third-order valence-electron chi connectivity index (χ3n) is 5.02. The molecular weight excluding hydrogens is 312 g/mol. The zero-order valence-electron chi connectivity index (χ0n) is 16.1. The average molecular weight is 344 g/mol. The number of carbonyl (C=O) groups excluding carboxylic acids is 2. The Morgan fingerprint density at radius 2 is 2.04 bits per heavy atom. The first-order chi connectivity index (χ1) is 11.9. The summed E-state index contributed by atoms with van der Waals surface area (Å²) in [6, 6.07) is 6.25. The van der Waals surface area contributed by atoms with E-state index in [1.54, 1.807) is 4.90 Å². The van der Waals surface area contributed by atoms with Crippen LogP contribution in [0.25, 0.3) is 0 Å². The molecule has 0 spiro atoms. The number of hydrogen-bond donors (Lipinski definition) is 1. The van der Waals surface area contributed by atoms with Gasteiger partial charge in [0.1, 0.15) is 0 Å². The van der Waals surface area contributed by atoms with Gasteiger partial charge in [-0.1, -0.05) is 50.3 Å². The predicted octanol–water partition coefficient (Wildman–Crippen LogP) is 4.13. The van der Waals surface area contributed by atoms with Crippen molar-refractivity contribution in [2.75, 3.05) is 11.4 Å². The largest absolute Gasteiger partial charge is 0.353 e. The molecule has 1 heterocycles. The number of rotatable bonds is 8. The lowest BCUT2D eigenvalue weighted by atomic mass is 10.1.